The molecule has 1 aliphatic rings. The third-order valence-corrected chi connectivity index (χ3v) is 4.12. The second kappa shape index (κ2) is 6.27. The fraction of sp³-hybridized carbons (Fsp3) is 0.312. The minimum absolute atomic E-state index is 1.02. The number of benzene rings is 1. The Morgan fingerprint density at radius 3 is 2.35 bits per heavy atom. The van der Waals surface area contributed by atoms with Gasteiger partial charge in [-0.25, -0.2) is 4.98 Å². The molecule has 3 nitrogen and oxygen atoms in total. The molecule has 104 valence electrons. The maximum atomic E-state index is 4.50. The monoisotopic (exact) mass is 331 g/mol. The van der Waals surface area contributed by atoms with E-state index in [-0.39, 0.29) is 0 Å². The molecular formula is C16H18BrN3. The molecule has 0 saturated carbocycles. The molecule has 0 amide bonds. The van der Waals surface area contributed by atoms with Crippen LogP contribution in [0.5, 0.6) is 0 Å². The Morgan fingerprint density at radius 2 is 1.60 bits per heavy atom. The van der Waals surface area contributed by atoms with Crippen LogP contribution in [0.4, 0.5) is 11.5 Å². The highest BCUT2D eigenvalue weighted by atomic mass is 79.9. The van der Waals surface area contributed by atoms with Crippen LogP contribution in [-0.2, 0) is 0 Å². The van der Waals surface area contributed by atoms with Gasteiger partial charge in [-0.15, -0.1) is 0 Å². The topological polar surface area (TPSA) is 19.4 Å². The van der Waals surface area contributed by atoms with Gasteiger partial charge in [0, 0.05) is 42.5 Å². The zero-order chi connectivity index (χ0) is 13.8. The van der Waals surface area contributed by atoms with Crippen LogP contribution in [0.1, 0.15) is 6.42 Å². The number of hydrogen-bond donors (Lipinski definition) is 0. The molecule has 0 N–H and O–H groups in total. The van der Waals surface area contributed by atoms with Crippen molar-refractivity contribution >= 4 is 27.4 Å². The number of halogens is 1. The predicted molar refractivity (Wildman–Crippen MR) is 87.4 cm³/mol. The second-order valence-corrected chi connectivity index (χ2v) is 5.91. The number of pyridine rings is 1. The Kier molecular flexibility index (Phi) is 4.21. The number of hydrogen-bond acceptors (Lipinski definition) is 3. The molecule has 0 spiro atoms. The van der Waals surface area contributed by atoms with Crippen LogP contribution < -0.4 is 9.80 Å². The molecule has 20 heavy (non-hydrogen) atoms. The van der Waals surface area contributed by atoms with Crippen LogP contribution in [0, 0.1) is 0 Å². The Hall–Kier alpha value is -1.55. The smallest absolute Gasteiger partial charge is 0.128 e. The standard InChI is InChI=1S/C16H18BrN3/c17-14-7-8-16(18-13-14)20-10-4-9-19(11-12-20)15-5-2-1-3-6-15/h1-3,5-8,13H,4,9-12H2. The van der Waals surface area contributed by atoms with E-state index in [9.17, 15) is 0 Å². The Labute approximate surface area is 128 Å². The molecule has 2 heterocycles. The predicted octanol–water partition coefficient (Wildman–Crippen LogP) is 3.56. The minimum atomic E-state index is 1.02. The summed E-state index contributed by atoms with van der Waals surface area (Å²) in [6.07, 6.45) is 3.03. The van der Waals surface area contributed by atoms with Gasteiger partial charge >= 0.3 is 0 Å². The van der Waals surface area contributed by atoms with Crippen molar-refractivity contribution in [1.29, 1.82) is 0 Å². The lowest BCUT2D eigenvalue weighted by Gasteiger charge is -2.24. The molecule has 0 aliphatic carbocycles. The van der Waals surface area contributed by atoms with Gasteiger partial charge in [0.1, 0.15) is 5.82 Å². The Balaban J connectivity index is 1.69. The molecule has 4 heteroatoms. The fourth-order valence-electron chi connectivity index (χ4n) is 2.60. The van der Waals surface area contributed by atoms with Crippen molar-refractivity contribution in [2.24, 2.45) is 0 Å². The van der Waals surface area contributed by atoms with E-state index in [4.69, 9.17) is 0 Å². The van der Waals surface area contributed by atoms with Crippen LogP contribution in [0.15, 0.2) is 53.1 Å². The average Bonchev–Trinajstić information content (AvgIpc) is 2.75. The van der Waals surface area contributed by atoms with Crippen molar-refractivity contribution in [3.63, 3.8) is 0 Å². The van der Waals surface area contributed by atoms with Crippen molar-refractivity contribution in [1.82, 2.24) is 4.98 Å². The zero-order valence-electron chi connectivity index (χ0n) is 11.4. The maximum absolute atomic E-state index is 4.50. The van der Waals surface area contributed by atoms with Crippen LogP contribution in [0.2, 0.25) is 0 Å². The van der Waals surface area contributed by atoms with E-state index in [0.29, 0.717) is 0 Å². The van der Waals surface area contributed by atoms with Crippen molar-refractivity contribution in [2.45, 2.75) is 6.42 Å². The van der Waals surface area contributed by atoms with E-state index in [1.54, 1.807) is 0 Å². The van der Waals surface area contributed by atoms with E-state index < -0.39 is 0 Å². The summed E-state index contributed by atoms with van der Waals surface area (Å²) in [6, 6.07) is 14.8. The highest BCUT2D eigenvalue weighted by molar-refractivity contribution is 9.10. The van der Waals surface area contributed by atoms with E-state index in [2.05, 4.69) is 73.2 Å². The number of nitrogens with zero attached hydrogens (tertiary/aromatic N) is 3. The maximum Gasteiger partial charge on any atom is 0.128 e. The van der Waals surface area contributed by atoms with Crippen LogP contribution >= 0.6 is 15.9 Å². The van der Waals surface area contributed by atoms with Gasteiger partial charge in [-0.3, -0.25) is 0 Å². The van der Waals surface area contributed by atoms with Crippen molar-refractivity contribution < 1.29 is 0 Å². The van der Waals surface area contributed by atoms with Gasteiger partial charge in [0.05, 0.1) is 0 Å². The van der Waals surface area contributed by atoms with E-state index in [1.807, 2.05) is 6.20 Å². The highest BCUT2D eigenvalue weighted by Crippen LogP contribution is 2.19. The van der Waals surface area contributed by atoms with Gasteiger partial charge in [-0.1, -0.05) is 18.2 Å². The van der Waals surface area contributed by atoms with Crippen molar-refractivity contribution in [3.8, 4) is 0 Å². The lowest BCUT2D eigenvalue weighted by atomic mass is 10.3. The fourth-order valence-corrected chi connectivity index (χ4v) is 2.83. The van der Waals surface area contributed by atoms with E-state index >= 15 is 0 Å². The Bertz CT molecular complexity index is 541. The summed E-state index contributed by atoms with van der Waals surface area (Å²) in [7, 11) is 0. The first-order valence-corrected chi connectivity index (χ1v) is 7.79. The average molecular weight is 332 g/mol. The normalized spacial score (nSPS) is 16.1. The van der Waals surface area contributed by atoms with Gasteiger partial charge in [0.25, 0.3) is 0 Å². The van der Waals surface area contributed by atoms with Crippen LogP contribution in [-0.4, -0.2) is 31.2 Å². The second-order valence-electron chi connectivity index (χ2n) is 5.00. The number of para-hydroxylation sites is 1. The number of anilines is 2. The van der Waals surface area contributed by atoms with E-state index in [0.717, 1.165) is 42.9 Å². The molecule has 3 rings (SSSR count). The third-order valence-electron chi connectivity index (χ3n) is 3.65. The first-order chi connectivity index (χ1) is 9.83. The molecule has 1 aromatic heterocycles. The van der Waals surface area contributed by atoms with Gasteiger partial charge in [0.2, 0.25) is 0 Å². The molecule has 0 radical (unpaired) electrons. The largest absolute Gasteiger partial charge is 0.370 e. The summed E-state index contributed by atoms with van der Waals surface area (Å²) in [5.41, 5.74) is 1.32. The summed E-state index contributed by atoms with van der Waals surface area (Å²) >= 11 is 3.44. The lowest BCUT2D eigenvalue weighted by Crippen LogP contribution is -2.31. The van der Waals surface area contributed by atoms with Gasteiger partial charge in [-0.05, 0) is 46.6 Å². The summed E-state index contributed by atoms with van der Waals surface area (Å²) in [6.45, 7) is 4.24. The lowest BCUT2D eigenvalue weighted by molar-refractivity contribution is 0.797. The Morgan fingerprint density at radius 1 is 0.850 bits per heavy atom. The number of aromatic nitrogens is 1. The SMILES string of the molecule is Brc1ccc(N2CCCN(c3ccccc3)CC2)nc1. The quantitative estimate of drug-likeness (QED) is 0.838. The zero-order valence-corrected chi connectivity index (χ0v) is 13.0. The number of rotatable bonds is 2. The molecule has 0 bridgehead atoms. The molecule has 1 saturated heterocycles. The highest BCUT2D eigenvalue weighted by Gasteiger charge is 2.15. The molecule has 0 unspecified atom stereocenters. The van der Waals surface area contributed by atoms with Crippen LogP contribution in [0.25, 0.3) is 0 Å². The molecule has 0 atom stereocenters. The van der Waals surface area contributed by atoms with Gasteiger partial charge in [0.15, 0.2) is 0 Å². The van der Waals surface area contributed by atoms with Crippen molar-refractivity contribution in [3.05, 3.63) is 53.1 Å². The molecule has 1 aliphatic heterocycles. The van der Waals surface area contributed by atoms with Gasteiger partial charge in [-0.2, -0.15) is 0 Å². The first kappa shape index (κ1) is 13.4. The summed E-state index contributed by atoms with van der Waals surface area (Å²) in [5, 5.41) is 0. The van der Waals surface area contributed by atoms with E-state index in [1.165, 1.54) is 5.69 Å². The minimum Gasteiger partial charge on any atom is -0.370 e. The summed E-state index contributed by atoms with van der Waals surface area (Å²) in [4.78, 5) is 9.33. The summed E-state index contributed by atoms with van der Waals surface area (Å²) < 4.78 is 1.03. The molecular weight excluding hydrogens is 314 g/mol. The third kappa shape index (κ3) is 3.12. The van der Waals surface area contributed by atoms with Gasteiger partial charge < -0.3 is 9.80 Å². The summed E-state index contributed by atoms with van der Waals surface area (Å²) in [5.74, 6) is 1.07. The van der Waals surface area contributed by atoms with Crippen molar-refractivity contribution in [2.75, 3.05) is 36.0 Å². The molecule has 1 aromatic carbocycles. The molecule has 2 aromatic rings. The molecule has 1 fully saturated rings. The van der Waals surface area contributed by atoms with Crippen LogP contribution in [0.3, 0.4) is 0 Å². The first-order valence-electron chi connectivity index (χ1n) is 6.99.